The third-order valence-corrected chi connectivity index (χ3v) is 2.57. The van der Waals surface area contributed by atoms with Crippen LogP contribution in [0.4, 0.5) is 5.95 Å². The first-order chi connectivity index (χ1) is 7.63. The van der Waals surface area contributed by atoms with Gasteiger partial charge < -0.3 is 5.32 Å². The number of hydrogen-bond acceptors (Lipinski definition) is 4. The molecule has 2 heterocycles. The quantitative estimate of drug-likeness (QED) is 0.784. The van der Waals surface area contributed by atoms with Gasteiger partial charge in [0.1, 0.15) is 0 Å². The summed E-state index contributed by atoms with van der Waals surface area (Å²) in [5.74, 6) is 0.872. The van der Waals surface area contributed by atoms with Crippen molar-refractivity contribution in [1.82, 2.24) is 15.3 Å². The number of rotatable bonds is 3. The van der Waals surface area contributed by atoms with E-state index in [0.717, 1.165) is 24.5 Å². The van der Waals surface area contributed by atoms with E-state index in [0.29, 0.717) is 18.3 Å². The second-order valence-electron chi connectivity index (χ2n) is 4.25. The highest BCUT2D eigenvalue weighted by Crippen LogP contribution is 2.10. The molecule has 2 rings (SSSR count). The second kappa shape index (κ2) is 4.57. The summed E-state index contributed by atoms with van der Waals surface area (Å²) in [4.78, 5) is 20.0. The average Bonchev–Trinajstić information content (AvgIpc) is 2.09. The minimum Gasteiger partial charge on any atom is -0.316 e. The Labute approximate surface area is 94.7 Å². The van der Waals surface area contributed by atoms with E-state index in [1.807, 2.05) is 19.9 Å². The van der Waals surface area contributed by atoms with Gasteiger partial charge in [-0.2, -0.15) is 0 Å². The van der Waals surface area contributed by atoms with Crippen LogP contribution in [0.2, 0.25) is 0 Å². The van der Waals surface area contributed by atoms with Crippen LogP contribution in [-0.2, 0) is 4.79 Å². The number of nitrogens with one attached hydrogen (secondary N) is 2. The molecule has 0 bridgehead atoms. The molecule has 16 heavy (non-hydrogen) atoms. The number of carbonyl (C=O) groups is 1. The molecule has 1 saturated heterocycles. The summed E-state index contributed by atoms with van der Waals surface area (Å²) in [7, 11) is 0. The van der Waals surface area contributed by atoms with Crippen LogP contribution in [0.1, 0.15) is 17.8 Å². The Bertz CT molecular complexity index is 381. The molecule has 1 aliphatic rings. The van der Waals surface area contributed by atoms with Crippen LogP contribution in [0.15, 0.2) is 6.07 Å². The Morgan fingerprint density at radius 2 is 2.06 bits per heavy atom. The number of nitrogens with zero attached hydrogens (tertiary/aromatic N) is 2. The van der Waals surface area contributed by atoms with E-state index in [-0.39, 0.29) is 5.91 Å². The fraction of sp³-hybridized carbons (Fsp3) is 0.545. The highest BCUT2D eigenvalue weighted by Gasteiger charge is 2.20. The van der Waals surface area contributed by atoms with Crippen molar-refractivity contribution in [3.8, 4) is 0 Å². The van der Waals surface area contributed by atoms with Crippen molar-refractivity contribution in [1.29, 1.82) is 0 Å². The van der Waals surface area contributed by atoms with Crippen LogP contribution in [-0.4, -0.2) is 29.0 Å². The Hall–Kier alpha value is -1.49. The van der Waals surface area contributed by atoms with Gasteiger partial charge in [-0.3, -0.25) is 10.1 Å². The first kappa shape index (κ1) is 11.0. The van der Waals surface area contributed by atoms with Gasteiger partial charge in [-0.25, -0.2) is 9.97 Å². The molecule has 1 aromatic heterocycles. The van der Waals surface area contributed by atoms with E-state index in [4.69, 9.17) is 0 Å². The summed E-state index contributed by atoms with van der Waals surface area (Å²) >= 11 is 0. The topological polar surface area (TPSA) is 66.9 Å². The monoisotopic (exact) mass is 220 g/mol. The molecular weight excluding hydrogens is 204 g/mol. The molecule has 86 valence electrons. The van der Waals surface area contributed by atoms with Crippen molar-refractivity contribution in [3.05, 3.63) is 17.5 Å². The largest absolute Gasteiger partial charge is 0.316 e. The van der Waals surface area contributed by atoms with Gasteiger partial charge in [-0.15, -0.1) is 0 Å². The third-order valence-electron chi connectivity index (χ3n) is 2.57. The maximum atomic E-state index is 11.6. The van der Waals surface area contributed by atoms with Gasteiger partial charge >= 0.3 is 0 Å². The second-order valence-corrected chi connectivity index (χ2v) is 4.25. The summed E-state index contributed by atoms with van der Waals surface area (Å²) in [6.07, 6.45) is 0.545. The SMILES string of the molecule is Cc1cc(C)nc(NC(=O)CC2CNC2)n1. The van der Waals surface area contributed by atoms with Crippen LogP contribution in [0.3, 0.4) is 0 Å². The standard InChI is InChI=1S/C11H16N4O/c1-7-3-8(2)14-11(13-7)15-10(16)4-9-5-12-6-9/h3,9,12H,4-6H2,1-2H3,(H,13,14,15,16). The van der Waals surface area contributed by atoms with Gasteiger partial charge in [-0.1, -0.05) is 0 Å². The highest BCUT2D eigenvalue weighted by molar-refractivity contribution is 5.89. The van der Waals surface area contributed by atoms with E-state index >= 15 is 0 Å². The van der Waals surface area contributed by atoms with Gasteiger partial charge in [0, 0.05) is 17.8 Å². The summed E-state index contributed by atoms with van der Waals surface area (Å²) in [5.41, 5.74) is 1.74. The molecule has 0 aromatic carbocycles. The lowest BCUT2D eigenvalue weighted by Gasteiger charge is -2.26. The van der Waals surface area contributed by atoms with Gasteiger partial charge in [-0.05, 0) is 38.9 Å². The predicted octanol–water partition coefficient (Wildman–Crippen LogP) is 0.641. The van der Waals surface area contributed by atoms with Crippen molar-refractivity contribution in [2.75, 3.05) is 18.4 Å². The predicted molar refractivity (Wildman–Crippen MR) is 61.1 cm³/mol. The number of amides is 1. The molecule has 0 radical (unpaired) electrons. The lowest BCUT2D eigenvalue weighted by molar-refractivity contribution is -0.117. The van der Waals surface area contributed by atoms with Crippen LogP contribution in [0.5, 0.6) is 0 Å². The Balaban J connectivity index is 1.94. The van der Waals surface area contributed by atoms with Gasteiger partial charge in [0.2, 0.25) is 11.9 Å². The van der Waals surface area contributed by atoms with Gasteiger partial charge in [0.15, 0.2) is 0 Å². The van der Waals surface area contributed by atoms with Crippen molar-refractivity contribution in [2.45, 2.75) is 20.3 Å². The minimum absolute atomic E-state index is 0.00324. The van der Waals surface area contributed by atoms with Crippen LogP contribution in [0, 0.1) is 19.8 Å². The molecule has 0 unspecified atom stereocenters. The molecule has 1 aliphatic heterocycles. The molecule has 2 N–H and O–H groups in total. The Morgan fingerprint density at radius 3 is 2.56 bits per heavy atom. The molecule has 5 nitrogen and oxygen atoms in total. The highest BCUT2D eigenvalue weighted by atomic mass is 16.1. The molecular formula is C11H16N4O. The average molecular weight is 220 g/mol. The lowest BCUT2D eigenvalue weighted by atomic mass is 9.99. The van der Waals surface area contributed by atoms with Crippen molar-refractivity contribution < 1.29 is 4.79 Å². The van der Waals surface area contributed by atoms with Crippen molar-refractivity contribution in [2.24, 2.45) is 5.92 Å². The zero-order chi connectivity index (χ0) is 11.5. The van der Waals surface area contributed by atoms with Crippen molar-refractivity contribution >= 4 is 11.9 Å². The molecule has 0 spiro atoms. The maximum absolute atomic E-state index is 11.6. The number of hydrogen-bond donors (Lipinski definition) is 2. The van der Waals surface area contributed by atoms with E-state index in [9.17, 15) is 4.79 Å². The van der Waals surface area contributed by atoms with Gasteiger partial charge in [0.25, 0.3) is 0 Å². The molecule has 0 aliphatic carbocycles. The zero-order valence-corrected chi connectivity index (χ0v) is 9.58. The summed E-state index contributed by atoms with van der Waals surface area (Å²) in [6, 6.07) is 1.88. The zero-order valence-electron chi connectivity index (χ0n) is 9.58. The molecule has 1 fully saturated rings. The van der Waals surface area contributed by atoms with Crippen LogP contribution < -0.4 is 10.6 Å². The number of aromatic nitrogens is 2. The van der Waals surface area contributed by atoms with Crippen LogP contribution >= 0.6 is 0 Å². The Kier molecular flexibility index (Phi) is 3.14. The molecule has 1 aromatic rings. The third kappa shape index (κ3) is 2.76. The number of anilines is 1. The van der Waals surface area contributed by atoms with E-state index in [1.165, 1.54) is 0 Å². The Morgan fingerprint density at radius 1 is 1.44 bits per heavy atom. The summed E-state index contributed by atoms with van der Waals surface area (Å²) in [6.45, 7) is 5.64. The summed E-state index contributed by atoms with van der Waals surface area (Å²) in [5, 5.41) is 5.87. The van der Waals surface area contributed by atoms with Crippen LogP contribution in [0.25, 0.3) is 0 Å². The first-order valence-electron chi connectivity index (χ1n) is 5.46. The fourth-order valence-electron chi connectivity index (χ4n) is 1.71. The molecule has 5 heteroatoms. The normalized spacial score (nSPS) is 15.6. The van der Waals surface area contributed by atoms with E-state index in [1.54, 1.807) is 0 Å². The maximum Gasteiger partial charge on any atom is 0.229 e. The van der Waals surface area contributed by atoms with E-state index in [2.05, 4.69) is 20.6 Å². The van der Waals surface area contributed by atoms with Crippen molar-refractivity contribution in [3.63, 3.8) is 0 Å². The first-order valence-corrected chi connectivity index (χ1v) is 5.46. The molecule has 0 saturated carbocycles. The van der Waals surface area contributed by atoms with Gasteiger partial charge in [0.05, 0.1) is 0 Å². The molecule has 0 atom stereocenters. The number of carbonyl (C=O) groups excluding carboxylic acids is 1. The minimum atomic E-state index is -0.00324. The van der Waals surface area contributed by atoms with E-state index < -0.39 is 0 Å². The number of aryl methyl sites for hydroxylation is 2. The lowest BCUT2D eigenvalue weighted by Crippen LogP contribution is -2.43. The summed E-state index contributed by atoms with van der Waals surface area (Å²) < 4.78 is 0. The molecule has 1 amide bonds. The fourth-order valence-corrected chi connectivity index (χ4v) is 1.71. The smallest absolute Gasteiger partial charge is 0.229 e.